The third-order valence-electron chi connectivity index (χ3n) is 2.62. The predicted molar refractivity (Wildman–Crippen MR) is 71.9 cm³/mol. The summed E-state index contributed by atoms with van der Waals surface area (Å²) >= 11 is 0. The number of rotatable bonds is 9. The molecule has 100 valence electrons. The molecule has 0 atom stereocenters. The van der Waals surface area contributed by atoms with E-state index in [1.807, 2.05) is 6.92 Å². The van der Waals surface area contributed by atoms with Gasteiger partial charge in [-0.25, -0.2) is 0 Å². The molecule has 2 N–H and O–H groups in total. The molecular formula is C14H22N2O2. The van der Waals surface area contributed by atoms with Gasteiger partial charge in [-0.05, 0) is 31.9 Å². The van der Waals surface area contributed by atoms with Crippen molar-refractivity contribution in [1.29, 1.82) is 0 Å². The number of Topliss-reactive ketones (excluding diaryl/α,β-unsaturated/α-hetero) is 1. The molecule has 1 rings (SSSR count). The fourth-order valence-corrected chi connectivity index (χ4v) is 1.62. The summed E-state index contributed by atoms with van der Waals surface area (Å²) in [6, 6.07) is 1.77. The van der Waals surface area contributed by atoms with Crippen LogP contribution in [0, 0.1) is 0 Å². The number of hydrogen-bond acceptors (Lipinski definition) is 4. The van der Waals surface area contributed by atoms with Gasteiger partial charge in [0.05, 0.1) is 12.8 Å². The van der Waals surface area contributed by atoms with Crippen LogP contribution in [0.2, 0.25) is 0 Å². The van der Waals surface area contributed by atoms with Gasteiger partial charge in [-0.2, -0.15) is 0 Å². The van der Waals surface area contributed by atoms with Gasteiger partial charge in [-0.15, -0.1) is 0 Å². The van der Waals surface area contributed by atoms with Crippen molar-refractivity contribution in [2.45, 2.75) is 39.0 Å². The van der Waals surface area contributed by atoms with Gasteiger partial charge < -0.3 is 10.5 Å². The number of aromatic nitrogens is 1. The highest BCUT2D eigenvalue weighted by atomic mass is 16.5. The fraction of sp³-hybridized carbons (Fsp3) is 0.571. The van der Waals surface area contributed by atoms with E-state index in [0.29, 0.717) is 30.9 Å². The molecule has 1 aromatic rings. The highest BCUT2D eigenvalue weighted by Gasteiger charge is 2.07. The zero-order valence-electron chi connectivity index (χ0n) is 11.0. The van der Waals surface area contributed by atoms with Crippen LogP contribution in [0.3, 0.4) is 0 Å². The van der Waals surface area contributed by atoms with E-state index >= 15 is 0 Å². The largest absolute Gasteiger partial charge is 0.492 e. The number of ether oxygens (including phenoxy) is 1. The summed E-state index contributed by atoms with van der Waals surface area (Å²) in [5.41, 5.74) is 6.05. The highest BCUT2D eigenvalue weighted by Crippen LogP contribution is 2.14. The number of hydrogen-bond donors (Lipinski definition) is 1. The maximum atomic E-state index is 11.9. The van der Waals surface area contributed by atoms with Crippen molar-refractivity contribution in [3.05, 3.63) is 24.0 Å². The van der Waals surface area contributed by atoms with Crippen LogP contribution in [0.25, 0.3) is 0 Å². The molecule has 0 saturated heterocycles. The zero-order valence-corrected chi connectivity index (χ0v) is 11.0. The molecule has 0 bridgehead atoms. The van der Waals surface area contributed by atoms with Crippen LogP contribution in [0.5, 0.6) is 5.75 Å². The van der Waals surface area contributed by atoms with Gasteiger partial charge in [0.1, 0.15) is 5.75 Å². The molecule has 4 nitrogen and oxygen atoms in total. The second-order valence-electron chi connectivity index (χ2n) is 4.28. The number of unbranched alkanes of at least 4 members (excludes halogenated alkanes) is 2. The summed E-state index contributed by atoms with van der Waals surface area (Å²) < 4.78 is 5.46. The van der Waals surface area contributed by atoms with Crippen molar-refractivity contribution >= 4 is 5.78 Å². The molecule has 0 aliphatic rings. The summed E-state index contributed by atoms with van der Waals surface area (Å²) in [4.78, 5) is 15.9. The number of carbonyl (C=O) groups excluding carboxylic acids is 1. The van der Waals surface area contributed by atoms with E-state index in [1.165, 1.54) is 0 Å². The molecule has 0 aliphatic carbocycles. The second kappa shape index (κ2) is 8.64. The molecular weight excluding hydrogens is 228 g/mol. The van der Waals surface area contributed by atoms with Crippen molar-refractivity contribution in [1.82, 2.24) is 4.98 Å². The topological polar surface area (TPSA) is 65.2 Å². The van der Waals surface area contributed by atoms with E-state index in [0.717, 1.165) is 25.7 Å². The zero-order chi connectivity index (χ0) is 13.2. The summed E-state index contributed by atoms with van der Waals surface area (Å²) in [6.45, 7) is 3.38. The van der Waals surface area contributed by atoms with Crippen LogP contribution in [-0.4, -0.2) is 23.9 Å². The number of pyridine rings is 1. The molecule has 0 aromatic carbocycles. The van der Waals surface area contributed by atoms with Crippen LogP contribution in [0.4, 0.5) is 0 Å². The lowest BCUT2D eigenvalue weighted by Crippen LogP contribution is -2.03. The van der Waals surface area contributed by atoms with E-state index in [1.54, 1.807) is 18.5 Å². The number of nitrogens with two attached hydrogens (primary N) is 1. The van der Waals surface area contributed by atoms with Crippen LogP contribution in [-0.2, 0) is 0 Å². The summed E-state index contributed by atoms with van der Waals surface area (Å²) in [5.74, 6) is 0.797. The molecule has 1 aromatic heterocycles. The Morgan fingerprint density at radius 3 is 2.89 bits per heavy atom. The number of carbonyl (C=O) groups is 1. The molecule has 0 amide bonds. The Bertz CT molecular complexity index is 367. The lowest BCUT2D eigenvalue weighted by molar-refractivity contribution is 0.0978. The molecule has 1 heterocycles. The third-order valence-corrected chi connectivity index (χ3v) is 2.62. The van der Waals surface area contributed by atoms with Gasteiger partial charge in [0.15, 0.2) is 5.78 Å². The molecule has 0 spiro atoms. The van der Waals surface area contributed by atoms with Crippen molar-refractivity contribution in [2.24, 2.45) is 5.73 Å². The first-order valence-electron chi connectivity index (χ1n) is 6.59. The SMILES string of the molecule is CCCOc1cncc(C(=O)CCCCCN)c1. The standard InChI is InChI=1S/C14H22N2O2/c1-2-8-18-13-9-12(10-16-11-13)14(17)6-4-3-5-7-15/h9-11H,2-8,15H2,1H3. The Labute approximate surface area is 109 Å². The van der Waals surface area contributed by atoms with Gasteiger partial charge in [-0.1, -0.05) is 13.3 Å². The van der Waals surface area contributed by atoms with Crippen LogP contribution >= 0.6 is 0 Å². The van der Waals surface area contributed by atoms with Crippen molar-refractivity contribution in [2.75, 3.05) is 13.2 Å². The maximum Gasteiger partial charge on any atom is 0.164 e. The van der Waals surface area contributed by atoms with Crippen molar-refractivity contribution in [3.63, 3.8) is 0 Å². The Kier molecular flexibility index (Phi) is 7.03. The minimum atomic E-state index is 0.126. The second-order valence-corrected chi connectivity index (χ2v) is 4.28. The van der Waals surface area contributed by atoms with E-state index in [-0.39, 0.29) is 5.78 Å². The van der Waals surface area contributed by atoms with Crippen LogP contribution < -0.4 is 10.5 Å². The third kappa shape index (κ3) is 5.27. The lowest BCUT2D eigenvalue weighted by atomic mass is 10.1. The normalized spacial score (nSPS) is 10.3. The van der Waals surface area contributed by atoms with Gasteiger partial charge in [0.25, 0.3) is 0 Å². The fourth-order valence-electron chi connectivity index (χ4n) is 1.62. The number of nitrogens with zero attached hydrogens (tertiary/aromatic N) is 1. The minimum absolute atomic E-state index is 0.126. The van der Waals surface area contributed by atoms with Crippen LogP contribution in [0.15, 0.2) is 18.5 Å². The lowest BCUT2D eigenvalue weighted by Gasteiger charge is -2.05. The molecule has 0 fully saturated rings. The average Bonchev–Trinajstić information content (AvgIpc) is 2.41. The molecule has 18 heavy (non-hydrogen) atoms. The smallest absolute Gasteiger partial charge is 0.164 e. The van der Waals surface area contributed by atoms with Gasteiger partial charge >= 0.3 is 0 Å². The van der Waals surface area contributed by atoms with E-state index in [9.17, 15) is 4.79 Å². The number of ketones is 1. The van der Waals surface area contributed by atoms with Crippen molar-refractivity contribution in [3.8, 4) is 5.75 Å². The average molecular weight is 250 g/mol. The van der Waals surface area contributed by atoms with Gasteiger partial charge in [-0.3, -0.25) is 9.78 Å². The molecule has 0 unspecified atom stereocenters. The molecule has 0 aliphatic heterocycles. The monoisotopic (exact) mass is 250 g/mol. The van der Waals surface area contributed by atoms with E-state index < -0.39 is 0 Å². The Morgan fingerprint density at radius 2 is 2.17 bits per heavy atom. The molecule has 0 saturated carbocycles. The maximum absolute atomic E-state index is 11.9. The Hall–Kier alpha value is -1.42. The first-order chi connectivity index (χ1) is 8.77. The minimum Gasteiger partial charge on any atom is -0.492 e. The highest BCUT2D eigenvalue weighted by molar-refractivity contribution is 5.96. The van der Waals surface area contributed by atoms with Gasteiger partial charge in [0, 0.05) is 18.2 Å². The summed E-state index contributed by atoms with van der Waals surface area (Å²) in [7, 11) is 0. The summed E-state index contributed by atoms with van der Waals surface area (Å²) in [6.07, 6.45) is 7.60. The van der Waals surface area contributed by atoms with Gasteiger partial charge in [0.2, 0.25) is 0 Å². The summed E-state index contributed by atoms with van der Waals surface area (Å²) in [5, 5.41) is 0. The molecule has 0 radical (unpaired) electrons. The predicted octanol–water partition coefficient (Wildman–Crippen LogP) is 2.57. The van der Waals surface area contributed by atoms with E-state index in [2.05, 4.69) is 4.98 Å². The Balaban J connectivity index is 2.46. The first kappa shape index (κ1) is 14.6. The Morgan fingerprint density at radius 1 is 1.33 bits per heavy atom. The van der Waals surface area contributed by atoms with E-state index in [4.69, 9.17) is 10.5 Å². The first-order valence-corrected chi connectivity index (χ1v) is 6.59. The molecule has 4 heteroatoms. The van der Waals surface area contributed by atoms with Crippen LogP contribution in [0.1, 0.15) is 49.4 Å². The quantitative estimate of drug-likeness (QED) is 0.540. The van der Waals surface area contributed by atoms with Crippen molar-refractivity contribution < 1.29 is 9.53 Å².